The summed E-state index contributed by atoms with van der Waals surface area (Å²) in [6.07, 6.45) is 4.46. The van der Waals surface area contributed by atoms with Crippen molar-refractivity contribution < 1.29 is 4.79 Å². The fourth-order valence-electron chi connectivity index (χ4n) is 1.41. The summed E-state index contributed by atoms with van der Waals surface area (Å²) in [5, 5.41) is 0.977. The molecule has 1 aromatic carbocycles. The number of aromatic nitrogens is 2. The molecule has 1 heterocycles. The average molecular weight is 267 g/mol. The van der Waals surface area contributed by atoms with E-state index in [2.05, 4.69) is 9.97 Å². The van der Waals surface area contributed by atoms with Crippen LogP contribution >= 0.6 is 23.2 Å². The van der Waals surface area contributed by atoms with Crippen LogP contribution in [0.2, 0.25) is 10.0 Å². The molecule has 5 heteroatoms. The van der Waals surface area contributed by atoms with Gasteiger partial charge in [-0.3, -0.25) is 4.79 Å². The predicted octanol–water partition coefficient (Wildman–Crippen LogP) is 3.21. The maximum atomic E-state index is 11.9. The molecule has 86 valence electrons. The highest BCUT2D eigenvalue weighted by Gasteiger charge is 2.12. The molecule has 0 N–H and O–H groups in total. The quantitative estimate of drug-likeness (QED) is 0.802. The lowest BCUT2D eigenvalue weighted by molar-refractivity contribution is 0.0992. The zero-order chi connectivity index (χ0) is 12.3. The number of ketones is 1. The highest BCUT2D eigenvalue weighted by molar-refractivity contribution is 6.36. The molecule has 0 spiro atoms. The molecule has 2 rings (SSSR count). The Hall–Kier alpha value is -1.45. The molecule has 0 aliphatic rings. The van der Waals surface area contributed by atoms with Crippen molar-refractivity contribution in [3.8, 4) is 0 Å². The lowest BCUT2D eigenvalue weighted by atomic mass is 10.1. The third-order valence-corrected chi connectivity index (χ3v) is 2.99. The summed E-state index contributed by atoms with van der Waals surface area (Å²) < 4.78 is 0. The summed E-state index contributed by atoms with van der Waals surface area (Å²) in [7, 11) is 0. The van der Waals surface area contributed by atoms with Crippen molar-refractivity contribution in [2.75, 3.05) is 0 Å². The van der Waals surface area contributed by atoms with Gasteiger partial charge in [-0.1, -0.05) is 29.3 Å². The summed E-state index contributed by atoms with van der Waals surface area (Å²) in [5.74, 6) is -0.111. The summed E-state index contributed by atoms with van der Waals surface area (Å²) in [6, 6.07) is 5.15. The molecule has 0 saturated heterocycles. The van der Waals surface area contributed by atoms with Gasteiger partial charge < -0.3 is 0 Å². The molecular formula is C12H8Cl2N2O. The molecule has 0 saturated carbocycles. The van der Waals surface area contributed by atoms with Crippen molar-refractivity contribution in [3.63, 3.8) is 0 Å². The molecular weight excluding hydrogens is 259 g/mol. The Morgan fingerprint density at radius 1 is 1.12 bits per heavy atom. The van der Waals surface area contributed by atoms with Crippen LogP contribution in [0.15, 0.2) is 36.9 Å². The Morgan fingerprint density at radius 3 is 2.29 bits per heavy atom. The van der Waals surface area contributed by atoms with Gasteiger partial charge in [0.15, 0.2) is 5.78 Å². The van der Waals surface area contributed by atoms with Crippen LogP contribution in [0.1, 0.15) is 15.9 Å². The van der Waals surface area contributed by atoms with E-state index in [-0.39, 0.29) is 12.2 Å². The lowest BCUT2D eigenvalue weighted by Crippen LogP contribution is -2.05. The minimum absolute atomic E-state index is 0.111. The second-order valence-corrected chi connectivity index (χ2v) is 4.24. The molecule has 0 radical (unpaired) electrons. The van der Waals surface area contributed by atoms with Gasteiger partial charge in [0.2, 0.25) is 0 Å². The Kier molecular flexibility index (Phi) is 3.71. The molecule has 17 heavy (non-hydrogen) atoms. The number of carbonyl (C=O) groups excluding carboxylic acids is 1. The minimum atomic E-state index is -0.111. The number of Topliss-reactive ketones (excluding diaryl/α,β-unsaturated/α-hetero) is 1. The van der Waals surface area contributed by atoms with Crippen LogP contribution in [-0.2, 0) is 6.42 Å². The topological polar surface area (TPSA) is 42.9 Å². The van der Waals surface area contributed by atoms with Crippen LogP contribution in [0.3, 0.4) is 0 Å². The normalized spacial score (nSPS) is 10.2. The zero-order valence-electron chi connectivity index (χ0n) is 8.73. The van der Waals surface area contributed by atoms with E-state index >= 15 is 0 Å². The molecule has 0 atom stereocenters. The first kappa shape index (κ1) is 12.0. The third-order valence-electron chi connectivity index (χ3n) is 2.28. The molecule has 0 aliphatic carbocycles. The van der Waals surface area contributed by atoms with Gasteiger partial charge in [-0.25, -0.2) is 9.97 Å². The number of nitrogens with zero attached hydrogens (tertiary/aromatic N) is 2. The molecule has 1 aromatic heterocycles. The Morgan fingerprint density at radius 2 is 1.71 bits per heavy atom. The van der Waals surface area contributed by atoms with E-state index in [9.17, 15) is 4.79 Å². The van der Waals surface area contributed by atoms with E-state index in [1.165, 1.54) is 18.7 Å². The number of hydrogen-bond donors (Lipinski definition) is 0. The van der Waals surface area contributed by atoms with Crippen molar-refractivity contribution in [2.24, 2.45) is 0 Å². The van der Waals surface area contributed by atoms with E-state index in [1.807, 2.05) is 0 Å². The highest BCUT2D eigenvalue weighted by atomic mass is 35.5. The van der Waals surface area contributed by atoms with Crippen molar-refractivity contribution >= 4 is 29.0 Å². The highest BCUT2D eigenvalue weighted by Crippen LogP contribution is 2.25. The van der Waals surface area contributed by atoms with Crippen LogP contribution in [0.25, 0.3) is 0 Å². The number of hydrogen-bond acceptors (Lipinski definition) is 3. The monoisotopic (exact) mass is 266 g/mol. The van der Waals surface area contributed by atoms with Gasteiger partial charge in [-0.2, -0.15) is 0 Å². The predicted molar refractivity (Wildman–Crippen MR) is 66.5 cm³/mol. The third kappa shape index (κ3) is 2.81. The Labute approximate surface area is 108 Å². The van der Waals surface area contributed by atoms with Crippen molar-refractivity contribution in [1.29, 1.82) is 0 Å². The molecule has 0 amide bonds. The smallest absolute Gasteiger partial charge is 0.170 e. The number of rotatable bonds is 3. The van der Waals surface area contributed by atoms with Crippen LogP contribution in [-0.4, -0.2) is 15.8 Å². The van der Waals surface area contributed by atoms with Gasteiger partial charge >= 0.3 is 0 Å². The molecule has 0 bridgehead atoms. The maximum Gasteiger partial charge on any atom is 0.170 e. The average Bonchev–Trinajstić information content (AvgIpc) is 2.35. The molecule has 0 fully saturated rings. The van der Waals surface area contributed by atoms with Crippen molar-refractivity contribution in [3.05, 3.63) is 58.1 Å². The van der Waals surface area contributed by atoms with E-state index in [4.69, 9.17) is 23.2 Å². The molecule has 0 unspecified atom stereocenters. The van der Waals surface area contributed by atoms with Crippen LogP contribution in [0, 0.1) is 0 Å². The Bertz CT molecular complexity index is 523. The van der Waals surface area contributed by atoms with Gasteiger partial charge in [-0.05, 0) is 17.7 Å². The zero-order valence-corrected chi connectivity index (χ0v) is 10.2. The first-order chi connectivity index (χ1) is 8.18. The summed E-state index contributed by atoms with van der Waals surface area (Å²) in [4.78, 5) is 19.5. The van der Waals surface area contributed by atoms with E-state index in [1.54, 1.807) is 18.2 Å². The van der Waals surface area contributed by atoms with Crippen molar-refractivity contribution in [1.82, 2.24) is 9.97 Å². The first-order valence-corrected chi connectivity index (χ1v) is 5.65. The van der Waals surface area contributed by atoms with Crippen molar-refractivity contribution in [2.45, 2.75) is 6.42 Å². The summed E-state index contributed by atoms with van der Waals surface area (Å²) >= 11 is 12.0. The van der Waals surface area contributed by atoms with E-state index in [0.29, 0.717) is 21.2 Å². The number of carbonyl (C=O) groups is 1. The fourth-order valence-corrected chi connectivity index (χ4v) is 1.94. The SMILES string of the molecule is O=C(Cc1c(Cl)cccc1Cl)c1cncnc1. The van der Waals surface area contributed by atoms with Gasteiger partial charge in [0.25, 0.3) is 0 Å². The van der Waals surface area contributed by atoms with Gasteiger partial charge in [0.05, 0.1) is 5.56 Å². The van der Waals surface area contributed by atoms with Gasteiger partial charge in [0.1, 0.15) is 6.33 Å². The fraction of sp³-hybridized carbons (Fsp3) is 0.0833. The lowest BCUT2D eigenvalue weighted by Gasteiger charge is -2.05. The Balaban J connectivity index is 2.25. The van der Waals surface area contributed by atoms with E-state index < -0.39 is 0 Å². The standard InChI is InChI=1S/C12H8Cl2N2O/c13-10-2-1-3-11(14)9(10)4-12(17)8-5-15-7-16-6-8/h1-3,5-7H,4H2. The summed E-state index contributed by atoms with van der Waals surface area (Å²) in [6.45, 7) is 0. The second kappa shape index (κ2) is 5.25. The largest absolute Gasteiger partial charge is 0.294 e. The number of halogens is 2. The molecule has 0 aliphatic heterocycles. The number of benzene rings is 1. The first-order valence-electron chi connectivity index (χ1n) is 4.89. The van der Waals surface area contributed by atoms with Gasteiger partial charge in [-0.15, -0.1) is 0 Å². The molecule has 3 nitrogen and oxygen atoms in total. The van der Waals surface area contributed by atoms with Crippen LogP contribution < -0.4 is 0 Å². The minimum Gasteiger partial charge on any atom is -0.294 e. The molecule has 2 aromatic rings. The van der Waals surface area contributed by atoms with Gasteiger partial charge in [0, 0.05) is 28.9 Å². The van der Waals surface area contributed by atoms with Crippen LogP contribution in [0.4, 0.5) is 0 Å². The summed E-state index contributed by atoms with van der Waals surface area (Å²) in [5.41, 5.74) is 1.08. The maximum absolute atomic E-state index is 11.9. The van der Waals surface area contributed by atoms with Crippen LogP contribution in [0.5, 0.6) is 0 Å². The van der Waals surface area contributed by atoms with E-state index in [0.717, 1.165) is 0 Å². The second-order valence-electron chi connectivity index (χ2n) is 3.43.